The van der Waals surface area contributed by atoms with E-state index in [2.05, 4.69) is 10.3 Å². The Hall–Kier alpha value is -2.80. The monoisotopic (exact) mass is 379 g/mol. The Bertz CT molecular complexity index is 1080. The van der Waals surface area contributed by atoms with Gasteiger partial charge in [-0.25, -0.2) is 14.4 Å². The molecule has 3 aromatic rings. The van der Waals surface area contributed by atoms with Gasteiger partial charge in [-0.2, -0.15) is 0 Å². The Labute approximate surface area is 162 Å². The van der Waals surface area contributed by atoms with Gasteiger partial charge in [-0.15, -0.1) is 0 Å². The van der Waals surface area contributed by atoms with Gasteiger partial charge in [-0.3, -0.25) is 4.79 Å². The first-order valence-electron chi connectivity index (χ1n) is 9.73. The van der Waals surface area contributed by atoms with Crippen LogP contribution in [0.15, 0.2) is 30.5 Å². The van der Waals surface area contributed by atoms with Crippen molar-refractivity contribution in [2.45, 2.75) is 31.8 Å². The van der Waals surface area contributed by atoms with Crippen molar-refractivity contribution in [2.24, 2.45) is 7.05 Å². The second-order valence-electron chi connectivity index (χ2n) is 7.58. The number of aryl methyl sites for hydroxylation is 1. The van der Waals surface area contributed by atoms with Crippen molar-refractivity contribution >= 4 is 16.8 Å². The van der Waals surface area contributed by atoms with E-state index in [9.17, 15) is 9.18 Å². The number of aromatic nitrogens is 3. The predicted octanol–water partition coefficient (Wildman–Crippen LogP) is 2.73. The minimum atomic E-state index is -0.298. The zero-order valence-corrected chi connectivity index (χ0v) is 15.8. The number of benzene rings is 1. The molecule has 4 heterocycles. The van der Waals surface area contributed by atoms with Gasteiger partial charge in [0, 0.05) is 61.5 Å². The van der Waals surface area contributed by atoms with E-state index in [-0.39, 0.29) is 17.8 Å². The van der Waals surface area contributed by atoms with Crippen LogP contribution < -0.4 is 5.32 Å². The van der Waals surface area contributed by atoms with Gasteiger partial charge >= 0.3 is 0 Å². The lowest BCUT2D eigenvalue weighted by Gasteiger charge is -2.25. The summed E-state index contributed by atoms with van der Waals surface area (Å²) in [6.07, 6.45) is 4.57. The third-order valence-electron chi connectivity index (χ3n) is 5.86. The first kappa shape index (κ1) is 17.3. The van der Waals surface area contributed by atoms with E-state index in [1.54, 1.807) is 12.1 Å². The van der Waals surface area contributed by atoms with Gasteiger partial charge in [-0.1, -0.05) is 0 Å². The number of fused-ring (bicyclic) bond motifs is 2. The van der Waals surface area contributed by atoms with Gasteiger partial charge in [-0.05, 0) is 37.1 Å². The lowest BCUT2D eigenvalue weighted by Crippen LogP contribution is -2.33. The van der Waals surface area contributed by atoms with Gasteiger partial charge in [0.1, 0.15) is 11.5 Å². The average Bonchev–Trinajstić information content (AvgIpc) is 3.32. The minimum Gasteiger partial charge on any atom is -0.340 e. The number of hydrogen-bond acceptors (Lipinski definition) is 4. The standard InChI is InChI=1S/C21H22FN5O/c1-26-17-5-4-15(22)9-13(17)10-19(26)21(28)27-8-2-3-18(27)20-24-12-14-11-23-7-6-16(14)25-20/h4-5,9-10,12,18,23H,2-3,6-8,11H2,1H3. The molecule has 2 aliphatic heterocycles. The molecule has 0 spiro atoms. The Kier molecular flexibility index (Phi) is 4.12. The van der Waals surface area contributed by atoms with E-state index in [0.717, 1.165) is 60.3 Å². The molecule has 1 aromatic carbocycles. The highest BCUT2D eigenvalue weighted by molar-refractivity contribution is 5.99. The van der Waals surface area contributed by atoms with Crippen LogP contribution in [-0.4, -0.2) is 38.4 Å². The van der Waals surface area contributed by atoms with E-state index >= 15 is 0 Å². The average molecular weight is 379 g/mol. The van der Waals surface area contributed by atoms with Crippen molar-refractivity contribution in [1.82, 2.24) is 24.8 Å². The number of carbonyl (C=O) groups is 1. The molecule has 2 aliphatic rings. The summed E-state index contributed by atoms with van der Waals surface area (Å²) in [4.78, 5) is 24.6. The quantitative estimate of drug-likeness (QED) is 0.744. The van der Waals surface area contributed by atoms with Crippen molar-refractivity contribution in [3.05, 3.63) is 59.1 Å². The number of likely N-dealkylation sites (tertiary alicyclic amines) is 1. The highest BCUT2D eigenvalue weighted by Crippen LogP contribution is 2.33. The van der Waals surface area contributed by atoms with Gasteiger partial charge in [0.25, 0.3) is 5.91 Å². The van der Waals surface area contributed by atoms with Crippen molar-refractivity contribution in [1.29, 1.82) is 0 Å². The van der Waals surface area contributed by atoms with Gasteiger partial charge < -0.3 is 14.8 Å². The van der Waals surface area contributed by atoms with Crippen LogP contribution in [0.2, 0.25) is 0 Å². The van der Waals surface area contributed by atoms with Crippen LogP contribution in [0, 0.1) is 5.82 Å². The molecule has 0 radical (unpaired) electrons. The van der Waals surface area contributed by atoms with E-state index in [4.69, 9.17) is 4.98 Å². The number of halogens is 1. The van der Waals surface area contributed by atoms with Crippen molar-refractivity contribution in [3.8, 4) is 0 Å². The van der Waals surface area contributed by atoms with Gasteiger partial charge in [0.15, 0.2) is 5.82 Å². The topological polar surface area (TPSA) is 63.1 Å². The maximum Gasteiger partial charge on any atom is 0.271 e. The molecule has 5 rings (SSSR count). The molecule has 1 fully saturated rings. The molecular formula is C21H22FN5O. The van der Waals surface area contributed by atoms with E-state index < -0.39 is 0 Å². The largest absolute Gasteiger partial charge is 0.340 e. The summed E-state index contributed by atoms with van der Waals surface area (Å²) >= 11 is 0. The van der Waals surface area contributed by atoms with Crippen LogP contribution in [-0.2, 0) is 20.0 Å². The number of carbonyl (C=O) groups excluding carboxylic acids is 1. The normalized spacial score (nSPS) is 19.2. The number of hydrogen-bond donors (Lipinski definition) is 1. The fourth-order valence-electron chi connectivity index (χ4n) is 4.36. The summed E-state index contributed by atoms with van der Waals surface area (Å²) in [5.74, 6) is 0.383. The fraction of sp³-hybridized carbons (Fsp3) is 0.381. The van der Waals surface area contributed by atoms with E-state index in [1.165, 1.54) is 12.1 Å². The molecule has 1 N–H and O–H groups in total. The maximum absolute atomic E-state index is 13.6. The molecule has 1 amide bonds. The summed E-state index contributed by atoms with van der Waals surface area (Å²) in [6.45, 7) is 2.40. The Morgan fingerprint density at radius 1 is 1.32 bits per heavy atom. The van der Waals surface area contributed by atoms with Crippen molar-refractivity contribution < 1.29 is 9.18 Å². The fourth-order valence-corrected chi connectivity index (χ4v) is 4.36. The molecule has 0 aliphatic carbocycles. The zero-order chi connectivity index (χ0) is 19.3. The van der Waals surface area contributed by atoms with Crippen LogP contribution in [0.3, 0.4) is 0 Å². The SMILES string of the molecule is Cn1c(C(=O)N2CCCC2c2ncc3c(n2)CCNC3)cc2cc(F)ccc21. The highest BCUT2D eigenvalue weighted by atomic mass is 19.1. The summed E-state index contributed by atoms with van der Waals surface area (Å²) in [7, 11) is 1.85. The molecule has 7 heteroatoms. The highest BCUT2D eigenvalue weighted by Gasteiger charge is 2.34. The molecule has 0 saturated carbocycles. The van der Waals surface area contributed by atoms with Gasteiger partial charge in [0.05, 0.1) is 6.04 Å². The van der Waals surface area contributed by atoms with Crippen molar-refractivity contribution in [2.75, 3.05) is 13.1 Å². The van der Waals surface area contributed by atoms with Crippen LogP contribution in [0.5, 0.6) is 0 Å². The maximum atomic E-state index is 13.6. The lowest BCUT2D eigenvalue weighted by atomic mass is 10.1. The van der Waals surface area contributed by atoms with Crippen LogP contribution in [0.1, 0.15) is 46.5 Å². The molecule has 6 nitrogen and oxygen atoms in total. The van der Waals surface area contributed by atoms with Crippen LogP contribution in [0.25, 0.3) is 10.9 Å². The smallest absolute Gasteiger partial charge is 0.271 e. The third kappa shape index (κ3) is 2.77. The minimum absolute atomic E-state index is 0.0513. The molecule has 144 valence electrons. The van der Waals surface area contributed by atoms with Gasteiger partial charge in [0.2, 0.25) is 0 Å². The second kappa shape index (κ2) is 6.67. The number of nitrogens with one attached hydrogen (secondary N) is 1. The summed E-state index contributed by atoms with van der Waals surface area (Å²) in [5.41, 5.74) is 3.64. The Morgan fingerprint density at radius 3 is 3.11 bits per heavy atom. The summed E-state index contributed by atoms with van der Waals surface area (Å²) in [6, 6.07) is 6.26. The molecule has 1 atom stereocenters. The lowest BCUT2D eigenvalue weighted by molar-refractivity contribution is 0.0720. The van der Waals surface area contributed by atoms with Crippen molar-refractivity contribution in [3.63, 3.8) is 0 Å². The summed E-state index contributed by atoms with van der Waals surface area (Å²) < 4.78 is 15.4. The van der Waals surface area contributed by atoms with E-state index in [1.807, 2.05) is 22.7 Å². The molecule has 1 unspecified atom stereocenters. The number of nitrogens with zero attached hydrogens (tertiary/aromatic N) is 4. The molecule has 0 bridgehead atoms. The first-order valence-corrected chi connectivity index (χ1v) is 9.73. The number of amides is 1. The molecule has 2 aromatic heterocycles. The zero-order valence-electron chi connectivity index (χ0n) is 15.8. The summed E-state index contributed by atoms with van der Waals surface area (Å²) in [5, 5.41) is 4.06. The predicted molar refractivity (Wildman–Crippen MR) is 103 cm³/mol. The second-order valence-corrected chi connectivity index (χ2v) is 7.58. The van der Waals surface area contributed by atoms with Crippen LogP contribution in [0.4, 0.5) is 4.39 Å². The van der Waals surface area contributed by atoms with Crippen LogP contribution >= 0.6 is 0 Å². The molecule has 28 heavy (non-hydrogen) atoms. The molecule has 1 saturated heterocycles. The number of rotatable bonds is 2. The molecular weight excluding hydrogens is 357 g/mol. The first-order chi connectivity index (χ1) is 13.6. The Morgan fingerprint density at radius 2 is 2.21 bits per heavy atom. The third-order valence-corrected chi connectivity index (χ3v) is 5.86. The van der Waals surface area contributed by atoms with E-state index in [0.29, 0.717) is 12.2 Å². The Balaban J connectivity index is 1.48.